The monoisotopic (exact) mass is 411 g/mol. The molecule has 4 nitrogen and oxygen atoms in total. The fourth-order valence-electron chi connectivity index (χ4n) is 3.28. The summed E-state index contributed by atoms with van der Waals surface area (Å²) in [5.41, 5.74) is 1.53. The molecule has 1 atom stereocenters. The molecular weight excluding hydrogens is 382 g/mol. The molecule has 3 aromatic rings. The number of nitrogens with zero attached hydrogens (tertiary/aromatic N) is 1. The van der Waals surface area contributed by atoms with Crippen molar-refractivity contribution < 1.29 is 4.79 Å². The third kappa shape index (κ3) is 6.28. The first-order valence-electron chi connectivity index (χ1n) is 10.5. The minimum atomic E-state index is -0.763. The first kappa shape index (κ1) is 22.3. The van der Waals surface area contributed by atoms with E-state index in [9.17, 15) is 4.79 Å². The Morgan fingerprint density at radius 1 is 1.10 bits per heavy atom. The van der Waals surface area contributed by atoms with Crippen LogP contribution in [0.5, 0.6) is 0 Å². The quantitative estimate of drug-likeness (QED) is 0.550. The molecule has 0 fully saturated rings. The summed E-state index contributed by atoms with van der Waals surface area (Å²) >= 11 is 0. The molecule has 0 aliphatic carbocycles. The highest BCUT2D eigenvalue weighted by Crippen LogP contribution is 2.23. The number of nitrogens with one attached hydrogen (secondary N) is 2. The molecule has 0 saturated heterocycles. The van der Waals surface area contributed by atoms with E-state index in [1.165, 1.54) is 16.3 Å². The van der Waals surface area contributed by atoms with Gasteiger partial charge in [-0.05, 0) is 60.9 Å². The average molecular weight is 412 g/mol. The van der Waals surface area contributed by atoms with Crippen molar-refractivity contribution in [2.75, 3.05) is 6.54 Å². The molecule has 0 bridgehead atoms. The Kier molecular flexibility index (Phi) is 7.59. The van der Waals surface area contributed by atoms with Crippen molar-refractivity contribution in [2.45, 2.75) is 33.4 Å². The Bertz CT molecular complexity index is 1100. The molecule has 1 amide bonds. The zero-order valence-corrected chi connectivity index (χ0v) is 18.4. The number of allylic oxidation sites excluding steroid dienone is 1. The van der Waals surface area contributed by atoms with Crippen molar-refractivity contribution in [2.24, 2.45) is 5.41 Å². The van der Waals surface area contributed by atoms with Crippen LogP contribution in [0.4, 0.5) is 0 Å². The summed E-state index contributed by atoms with van der Waals surface area (Å²) in [4.78, 5) is 16.4. The van der Waals surface area contributed by atoms with Gasteiger partial charge in [0.1, 0.15) is 5.41 Å². The Morgan fingerprint density at radius 2 is 1.84 bits per heavy atom. The molecule has 4 heteroatoms. The Balaban J connectivity index is 1.49. The molecule has 3 rings (SSSR count). The van der Waals surface area contributed by atoms with Gasteiger partial charge in [0.05, 0.1) is 0 Å². The average Bonchev–Trinajstić information content (AvgIpc) is 2.79. The number of carbonyl (C=O) groups is 1. The first-order valence-corrected chi connectivity index (χ1v) is 10.5. The summed E-state index contributed by atoms with van der Waals surface area (Å²) < 4.78 is 0. The van der Waals surface area contributed by atoms with Crippen molar-refractivity contribution in [1.82, 2.24) is 15.6 Å². The maximum Gasteiger partial charge on any atom is 0.237 e. The summed E-state index contributed by atoms with van der Waals surface area (Å²) in [6.07, 6.45) is 7.22. The van der Waals surface area contributed by atoms with Gasteiger partial charge in [-0.25, -0.2) is 0 Å². The fraction of sp³-hybridized carbons (Fsp3) is 0.259. The van der Waals surface area contributed by atoms with E-state index in [1.54, 1.807) is 18.5 Å². The summed E-state index contributed by atoms with van der Waals surface area (Å²) in [5, 5.41) is 8.97. The standard InChI is InChI=1S/C27H29N3O/c1-21(24-13-9-11-23-10-5-6-12-25(23)24)29-17-8-4-7-16-27(2,3)26(31)30-20-22-14-18-28-19-15-22/h4-6,8-15,18-19,21,29H,17,20H2,1-3H3,(H,30,31)/t21-/m1/s1. The molecule has 1 aromatic heterocycles. The van der Waals surface area contributed by atoms with Gasteiger partial charge in [0.15, 0.2) is 0 Å². The highest BCUT2D eigenvalue weighted by Gasteiger charge is 2.24. The van der Waals surface area contributed by atoms with E-state index >= 15 is 0 Å². The van der Waals surface area contributed by atoms with E-state index in [0.29, 0.717) is 13.1 Å². The zero-order chi connectivity index (χ0) is 22.1. The summed E-state index contributed by atoms with van der Waals surface area (Å²) in [6, 6.07) is 18.8. The van der Waals surface area contributed by atoms with Gasteiger partial charge >= 0.3 is 0 Å². The molecule has 0 aliphatic heterocycles. The van der Waals surface area contributed by atoms with Crippen LogP contribution in [0.25, 0.3) is 10.8 Å². The van der Waals surface area contributed by atoms with Crippen molar-refractivity contribution in [1.29, 1.82) is 0 Å². The Hall–Kier alpha value is -3.42. The van der Waals surface area contributed by atoms with Gasteiger partial charge in [0, 0.05) is 31.5 Å². The van der Waals surface area contributed by atoms with Gasteiger partial charge < -0.3 is 10.6 Å². The topological polar surface area (TPSA) is 54.0 Å². The maximum atomic E-state index is 12.4. The molecule has 1 heterocycles. The number of benzene rings is 2. The number of hydrogen-bond acceptors (Lipinski definition) is 3. The molecule has 2 N–H and O–H groups in total. The smallest absolute Gasteiger partial charge is 0.237 e. The minimum Gasteiger partial charge on any atom is -0.351 e. The van der Waals surface area contributed by atoms with Crippen LogP contribution in [-0.4, -0.2) is 17.4 Å². The van der Waals surface area contributed by atoms with Crippen LogP contribution in [0, 0.1) is 17.3 Å². The number of fused-ring (bicyclic) bond motifs is 1. The van der Waals surface area contributed by atoms with Crippen LogP contribution in [0.3, 0.4) is 0 Å². The van der Waals surface area contributed by atoms with Crippen molar-refractivity contribution in [3.8, 4) is 11.8 Å². The molecule has 31 heavy (non-hydrogen) atoms. The van der Waals surface area contributed by atoms with Crippen LogP contribution < -0.4 is 10.6 Å². The van der Waals surface area contributed by atoms with E-state index in [-0.39, 0.29) is 11.9 Å². The normalized spacial score (nSPS) is 12.4. The number of hydrogen-bond donors (Lipinski definition) is 2. The largest absolute Gasteiger partial charge is 0.351 e. The Labute approximate surface area is 184 Å². The van der Waals surface area contributed by atoms with Crippen LogP contribution in [0.2, 0.25) is 0 Å². The van der Waals surface area contributed by atoms with Crippen molar-refractivity contribution >= 4 is 16.7 Å². The first-order chi connectivity index (χ1) is 15.0. The molecule has 0 aliphatic rings. The van der Waals surface area contributed by atoms with Crippen LogP contribution >= 0.6 is 0 Å². The number of amides is 1. The molecule has 2 aromatic carbocycles. The lowest BCUT2D eigenvalue weighted by molar-refractivity contribution is -0.126. The van der Waals surface area contributed by atoms with E-state index in [1.807, 2.05) is 32.1 Å². The number of rotatable bonds is 7. The van der Waals surface area contributed by atoms with Gasteiger partial charge in [-0.15, -0.1) is 0 Å². The lowest BCUT2D eigenvalue weighted by atomic mass is 9.93. The summed E-state index contributed by atoms with van der Waals surface area (Å²) in [6.45, 7) is 7.00. The van der Waals surface area contributed by atoms with Gasteiger partial charge in [-0.3, -0.25) is 9.78 Å². The van der Waals surface area contributed by atoms with Crippen LogP contribution in [0.1, 0.15) is 37.9 Å². The molecule has 0 spiro atoms. The van der Waals surface area contributed by atoms with Gasteiger partial charge in [-0.1, -0.05) is 60.4 Å². The number of pyridine rings is 1. The lowest BCUT2D eigenvalue weighted by Crippen LogP contribution is -2.35. The van der Waals surface area contributed by atoms with E-state index in [2.05, 4.69) is 76.8 Å². The lowest BCUT2D eigenvalue weighted by Gasteiger charge is -2.17. The minimum absolute atomic E-state index is 0.0899. The molecule has 0 saturated carbocycles. The summed E-state index contributed by atoms with van der Waals surface area (Å²) in [5.74, 6) is 5.97. The molecule has 0 radical (unpaired) electrons. The molecule has 158 valence electrons. The predicted octanol–water partition coefficient (Wildman–Crippen LogP) is 4.79. The second kappa shape index (κ2) is 10.6. The Morgan fingerprint density at radius 3 is 2.65 bits per heavy atom. The second-order valence-electron chi connectivity index (χ2n) is 8.03. The van der Waals surface area contributed by atoms with E-state index < -0.39 is 5.41 Å². The van der Waals surface area contributed by atoms with Crippen molar-refractivity contribution in [3.63, 3.8) is 0 Å². The van der Waals surface area contributed by atoms with E-state index in [0.717, 1.165) is 5.56 Å². The second-order valence-corrected chi connectivity index (χ2v) is 8.03. The zero-order valence-electron chi connectivity index (χ0n) is 18.4. The highest BCUT2D eigenvalue weighted by molar-refractivity contribution is 5.86. The highest BCUT2D eigenvalue weighted by atomic mass is 16.2. The number of carbonyl (C=O) groups excluding carboxylic acids is 1. The number of aromatic nitrogens is 1. The van der Waals surface area contributed by atoms with Crippen molar-refractivity contribution in [3.05, 3.63) is 90.3 Å². The molecular formula is C27H29N3O. The van der Waals surface area contributed by atoms with Gasteiger partial charge in [0.2, 0.25) is 5.91 Å². The molecule has 0 unspecified atom stereocenters. The fourth-order valence-corrected chi connectivity index (χ4v) is 3.28. The SMILES string of the molecule is C[C@@H](NCC=CC#CC(C)(C)C(=O)NCc1ccncc1)c1cccc2ccccc12. The third-order valence-electron chi connectivity index (χ3n) is 5.19. The predicted molar refractivity (Wildman–Crippen MR) is 127 cm³/mol. The summed E-state index contributed by atoms with van der Waals surface area (Å²) in [7, 11) is 0. The maximum absolute atomic E-state index is 12.4. The van der Waals surface area contributed by atoms with Crippen LogP contribution in [-0.2, 0) is 11.3 Å². The van der Waals surface area contributed by atoms with Gasteiger partial charge in [0.25, 0.3) is 0 Å². The third-order valence-corrected chi connectivity index (χ3v) is 5.19. The van der Waals surface area contributed by atoms with E-state index in [4.69, 9.17) is 0 Å². The van der Waals surface area contributed by atoms with Crippen LogP contribution in [0.15, 0.2) is 79.1 Å². The van der Waals surface area contributed by atoms with Gasteiger partial charge in [-0.2, -0.15) is 0 Å².